The molecule has 4 aromatic rings. The molecule has 0 unspecified atom stereocenters. The van der Waals surface area contributed by atoms with Gasteiger partial charge in [0.25, 0.3) is 0 Å². The lowest BCUT2D eigenvalue weighted by Crippen LogP contribution is -2.17. The summed E-state index contributed by atoms with van der Waals surface area (Å²) in [5.74, 6) is 1.76. The van der Waals surface area contributed by atoms with Gasteiger partial charge >= 0.3 is 0 Å². The van der Waals surface area contributed by atoms with Gasteiger partial charge in [0.15, 0.2) is 0 Å². The molecule has 0 saturated heterocycles. The van der Waals surface area contributed by atoms with Crippen molar-refractivity contribution in [1.82, 2.24) is 19.7 Å². The quantitative estimate of drug-likeness (QED) is 0.347. The minimum atomic E-state index is -0.239. The minimum Gasteiger partial charge on any atom is -0.439 e. The maximum atomic E-state index is 6.32. The summed E-state index contributed by atoms with van der Waals surface area (Å²) < 4.78 is 11.3. The van der Waals surface area contributed by atoms with Gasteiger partial charge in [-0.25, -0.2) is 4.98 Å². The van der Waals surface area contributed by atoms with Crippen molar-refractivity contribution in [3.63, 3.8) is 0 Å². The largest absolute Gasteiger partial charge is 0.439 e. The van der Waals surface area contributed by atoms with Crippen LogP contribution in [0.25, 0.3) is 11.3 Å². The smallest absolute Gasteiger partial charge is 0.237 e. The van der Waals surface area contributed by atoms with Crippen LogP contribution in [0.3, 0.4) is 0 Å². The summed E-state index contributed by atoms with van der Waals surface area (Å²) in [4.78, 5) is 10.7. The van der Waals surface area contributed by atoms with Crippen LogP contribution in [0.2, 0.25) is 0 Å². The number of hydrogen-bond acceptors (Lipinski definition) is 6. The third-order valence-electron chi connectivity index (χ3n) is 4.93. The highest BCUT2D eigenvalue weighted by molar-refractivity contribution is 8.00. The van der Waals surface area contributed by atoms with E-state index in [2.05, 4.69) is 49.6 Å². The Morgan fingerprint density at radius 3 is 2.34 bits per heavy atom. The van der Waals surface area contributed by atoms with Crippen molar-refractivity contribution >= 4 is 17.9 Å². The summed E-state index contributed by atoms with van der Waals surface area (Å²) in [6.45, 7) is 8.56. The first-order valence-corrected chi connectivity index (χ1v) is 11.3. The summed E-state index contributed by atoms with van der Waals surface area (Å²) in [7, 11) is 1.89. The second-order valence-electron chi connectivity index (χ2n) is 8.61. The van der Waals surface area contributed by atoms with Gasteiger partial charge < -0.3 is 4.74 Å². The molecule has 6 nitrogen and oxygen atoms in total. The van der Waals surface area contributed by atoms with E-state index < -0.39 is 0 Å². The molecule has 0 bridgehead atoms. The second-order valence-corrected chi connectivity index (χ2v) is 9.49. The number of nitrogens with zero attached hydrogens (tertiary/aromatic N) is 4. The van der Waals surface area contributed by atoms with E-state index in [1.54, 1.807) is 10.9 Å². The third kappa shape index (κ3) is 4.94. The van der Waals surface area contributed by atoms with Crippen molar-refractivity contribution in [2.75, 3.05) is 4.72 Å². The van der Waals surface area contributed by atoms with E-state index in [0.29, 0.717) is 11.8 Å². The fourth-order valence-electron chi connectivity index (χ4n) is 3.43. The van der Waals surface area contributed by atoms with E-state index in [1.165, 1.54) is 11.9 Å². The number of benzene rings is 2. The summed E-state index contributed by atoms with van der Waals surface area (Å²) >= 11 is 1.42. The Bertz CT molecular complexity index is 1210. The molecule has 0 radical (unpaired) electrons. The highest BCUT2D eigenvalue weighted by atomic mass is 32.2. The lowest BCUT2D eigenvalue weighted by Gasteiger charge is -2.26. The standard InChI is InChI=1S/C25H27N5OS/c1-17-11-9-10-14-20(17)22-21(25(2,3)4)23(31-18-12-7-6-8-13-18)28-24(27-22)29-32-19-15-26-30(5)16-19/h6-16H,1-5H3,(H,27,28,29). The highest BCUT2D eigenvalue weighted by Gasteiger charge is 2.28. The van der Waals surface area contributed by atoms with Gasteiger partial charge in [0.05, 0.1) is 16.8 Å². The van der Waals surface area contributed by atoms with Gasteiger partial charge in [-0.1, -0.05) is 63.2 Å². The summed E-state index contributed by atoms with van der Waals surface area (Å²) in [5.41, 5.74) is 3.80. The Morgan fingerprint density at radius 2 is 1.69 bits per heavy atom. The molecule has 0 fully saturated rings. The molecule has 164 valence electrons. The number of para-hydroxylation sites is 1. The van der Waals surface area contributed by atoms with Gasteiger partial charge in [-0.15, -0.1) is 0 Å². The number of aryl methyl sites for hydroxylation is 2. The predicted molar refractivity (Wildman–Crippen MR) is 130 cm³/mol. The van der Waals surface area contributed by atoms with Crippen LogP contribution in [0, 0.1) is 6.92 Å². The first kappa shape index (κ1) is 21.9. The van der Waals surface area contributed by atoms with E-state index in [9.17, 15) is 0 Å². The molecule has 0 aliphatic heterocycles. The molecular weight excluding hydrogens is 418 g/mol. The van der Waals surface area contributed by atoms with Gasteiger partial charge in [-0.2, -0.15) is 10.1 Å². The number of ether oxygens (including phenoxy) is 1. The second kappa shape index (κ2) is 9.04. The number of aromatic nitrogens is 4. The molecular formula is C25H27N5OS. The van der Waals surface area contributed by atoms with Crippen LogP contribution in [0.5, 0.6) is 11.6 Å². The molecule has 32 heavy (non-hydrogen) atoms. The molecule has 0 saturated carbocycles. The zero-order valence-corrected chi connectivity index (χ0v) is 19.8. The third-order valence-corrected chi connectivity index (χ3v) is 5.66. The fourth-order valence-corrected chi connectivity index (χ4v) is 4.03. The van der Waals surface area contributed by atoms with E-state index in [-0.39, 0.29) is 5.41 Å². The monoisotopic (exact) mass is 445 g/mol. The molecule has 0 atom stereocenters. The Balaban J connectivity index is 1.85. The number of rotatable bonds is 6. The van der Waals surface area contributed by atoms with Crippen molar-refractivity contribution in [3.8, 4) is 22.9 Å². The highest BCUT2D eigenvalue weighted by Crippen LogP contribution is 2.41. The van der Waals surface area contributed by atoms with Gasteiger partial charge in [0.1, 0.15) is 5.75 Å². The van der Waals surface area contributed by atoms with Crippen LogP contribution in [0.4, 0.5) is 5.95 Å². The average molecular weight is 446 g/mol. The first-order chi connectivity index (χ1) is 15.3. The van der Waals surface area contributed by atoms with Gasteiger partial charge in [0.2, 0.25) is 11.8 Å². The lowest BCUT2D eigenvalue weighted by molar-refractivity contribution is 0.436. The lowest BCUT2D eigenvalue weighted by atomic mass is 9.84. The molecule has 0 aliphatic rings. The maximum Gasteiger partial charge on any atom is 0.237 e. The topological polar surface area (TPSA) is 64.9 Å². The maximum absolute atomic E-state index is 6.32. The van der Waals surface area contributed by atoms with Crippen molar-refractivity contribution in [1.29, 1.82) is 0 Å². The first-order valence-electron chi connectivity index (χ1n) is 10.4. The molecule has 4 rings (SSSR count). The zero-order chi connectivity index (χ0) is 22.7. The van der Waals surface area contributed by atoms with Crippen LogP contribution in [-0.2, 0) is 12.5 Å². The number of nitrogens with one attached hydrogen (secondary N) is 1. The Morgan fingerprint density at radius 1 is 0.969 bits per heavy atom. The fraction of sp³-hybridized carbons (Fsp3) is 0.240. The molecule has 2 aromatic carbocycles. The molecule has 7 heteroatoms. The van der Waals surface area contributed by atoms with Crippen LogP contribution < -0.4 is 9.46 Å². The van der Waals surface area contributed by atoms with Crippen LogP contribution in [-0.4, -0.2) is 19.7 Å². The minimum absolute atomic E-state index is 0.239. The SMILES string of the molecule is Cc1ccccc1-c1nc(NSc2cnn(C)c2)nc(Oc2ccccc2)c1C(C)(C)C. The van der Waals surface area contributed by atoms with Gasteiger partial charge in [0, 0.05) is 24.4 Å². The number of hydrogen-bond donors (Lipinski definition) is 1. The summed E-state index contributed by atoms with van der Waals surface area (Å²) in [5, 5.41) is 4.22. The van der Waals surface area contributed by atoms with E-state index >= 15 is 0 Å². The molecule has 1 N–H and O–H groups in total. The zero-order valence-electron chi connectivity index (χ0n) is 19.0. The summed E-state index contributed by atoms with van der Waals surface area (Å²) in [6, 6.07) is 18.0. The van der Waals surface area contributed by atoms with E-state index in [4.69, 9.17) is 14.7 Å². The Hall–Kier alpha value is -3.32. The van der Waals surface area contributed by atoms with Crippen LogP contribution in [0.1, 0.15) is 31.9 Å². The van der Waals surface area contributed by atoms with Gasteiger partial charge in [-0.3, -0.25) is 9.40 Å². The van der Waals surface area contributed by atoms with Crippen molar-refractivity contribution in [2.45, 2.75) is 38.0 Å². The molecule has 0 aliphatic carbocycles. The van der Waals surface area contributed by atoms with Crippen LogP contribution in [0.15, 0.2) is 71.9 Å². The van der Waals surface area contributed by atoms with Crippen molar-refractivity contribution in [3.05, 3.63) is 78.1 Å². The Labute approximate surface area is 193 Å². The van der Waals surface area contributed by atoms with Crippen molar-refractivity contribution in [2.24, 2.45) is 7.05 Å². The normalized spacial score (nSPS) is 11.4. The molecule has 0 spiro atoms. The van der Waals surface area contributed by atoms with E-state index in [0.717, 1.165) is 33.0 Å². The molecule has 0 amide bonds. The number of anilines is 1. The average Bonchev–Trinajstić information content (AvgIpc) is 3.17. The Kier molecular flexibility index (Phi) is 6.19. The molecule has 2 heterocycles. The summed E-state index contributed by atoms with van der Waals surface area (Å²) in [6.07, 6.45) is 3.73. The van der Waals surface area contributed by atoms with E-state index in [1.807, 2.05) is 55.7 Å². The predicted octanol–water partition coefficient (Wildman–Crippen LogP) is 6.39. The van der Waals surface area contributed by atoms with Crippen molar-refractivity contribution < 1.29 is 4.74 Å². The molecule has 2 aromatic heterocycles. The van der Waals surface area contributed by atoms with Gasteiger partial charge in [-0.05, 0) is 42.0 Å². The van der Waals surface area contributed by atoms with Crippen LogP contribution >= 0.6 is 11.9 Å².